The molecule has 0 aromatic heterocycles. The molecular weight excluding hydrogens is 346 g/mol. The quantitative estimate of drug-likeness (QED) is 0.707. The van der Waals surface area contributed by atoms with Crippen molar-refractivity contribution in [3.63, 3.8) is 0 Å². The number of nitrogens with one attached hydrogen (secondary N) is 3. The van der Waals surface area contributed by atoms with E-state index in [9.17, 15) is 14.4 Å². The Morgan fingerprint density at radius 1 is 1.07 bits per heavy atom. The van der Waals surface area contributed by atoms with Crippen molar-refractivity contribution in [2.24, 2.45) is 0 Å². The van der Waals surface area contributed by atoms with Crippen molar-refractivity contribution in [2.75, 3.05) is 11.9 Å². The Morgan fingerprint density at radius 3 is 2.26 bits per heavy atom. The molecule has 2 aromatic rings. The molecule has 1 fully saturated rings. The normalized spacial score (nSPS) is 18.6. The summed E-state index contributed by atoms with van der Waals surface area (Å²) in [5.74, 6) is 0.00808. The molecule has 1 unspecified atom stereocenters. The van der Waals surface area contributed by atoms with Crippen LogP contribution in [0.15, 0.2) is 42.5 Å². The fourth-order valence-electron chi connectivity index (χ4n) is 2.99. The van der Waals surface area contributed by atoms with Gasteiger partial charge in [0.15, 0.2) is 6.61 Å². The summed E-state index contributed by atoms with van der Waals surface area (Å²) < 4.78 is 5.64. The number of hydrogen-bond donors (Lipinski definition) is 3. The summed E-state index contributed by atoms with van der Waals surface area (Å²) in [5, 5.41) is 7.57. The van der Waals surface area contributed by atoms with Crippen LogP contribution in [0.25, 0.3) is 0 Å². The molecule has 7 heteroatoms. The molecule has 7 nitrogen and oxygen atoms in total. The highest BCUT2D eigenvalue weighted by atomic mass is 16.5. The molecule has 1 saturated heterocycles. The third-order valence-corrected chi connectivity index (χ3v) is 4.55. The standard InChI is InChI=1S/C20H21N3O4/c1-12-5-4-6-13(2)17(12)27-11-16(24)21-15-9-7-14(8-10-15)20(3)18(25)22-19(26)23-20/h4-10H,11H2,1-3H3,(H,21,24)(H2,22,23,25,26). The Hall–Kier alpha value is -3.35. The molecule has 0 saturated carbocycles. The van der Waals surface area contributed by atoms with Crippen LogP contribution in [0.5, 0.6) is 5.75 Å². The lowest BCUT2D eigenvalue weighted by atomic mass is 9.92. The third kappa shape index (κ3) is 3.76. The number of benzene rings is 2. The highest BCUT2D eigenvalue weighted by Crippen LogP contribution is 2.26. The third-order valence-electron chi connectivity index (χ3n) is 4.55. The molecule has 1 aliphatic heterocycles. The van der Waals surface area contributed by atoms with E-state index in [1.54, 1.807) is 31.2 Å². The number of ether oxygens (including phenoxy) is 1. The summed E-state index contributed by atoms with van der Waals surface area (Å²) >= 11 is 0. The average molecular weight is 367 g/mol. The number of anilines is 1. The molecule has 0 bridgehead atoms. The van der Waals surface area contributed by atoms with Gasteiger partial charge in [0.1, 0.15) is 11.3 Å². The van der Waals surface area contributed by atoms with Crippen LogP contribution in [0.4, 0.5) is 10.5 Å². The fourth-order valence-corrected chi connectivity index (χ4v) is 2.99. The predicted octanol–water partition coefficient (Wildman–Crippen LogP) is 2.38. The molecule has 0 radical (unpaired) electrons. The monoisotopic (exact) mass is 367 g/mol. The number of urea groups is 1. The summed E-state index contributed by atoms with van der Waals surface area (Å²) in [4.78, 5) is 35.5. The van der Waals surface area contributed by atoms with Crippen molar-refractivity contribution < 1.29 is 19.1 Å². The largest absolute Gasteiger partial charge is 0.483 e. The molecule has 1 atom stereocenters. The Balaban J connectivity index is 1.62. The second kappa shape index (κ2) is 7.11. The first-order valence-corrected chi connectivity index (χ1v) is 8.52. The second-order valence-corrected chi connectivity index (χ2v) is 6.67. The molecule has 3 rings (SSSR count). The lowest BCUT2D eigenvalue weighted by molar-refractivity contribution is -0.123. The summed E-state index contributed by atoms with van der Waals surface area (Å²) in [6, 6.07) is 12.0. The summed E-state index contributed by atoms with van der Waals surface area (Å²) in [7, 11) is 0. The van der Waals surface area contributed by atoms with Crippen LogP contribution in [0.1, 0.15) is 23.6 Å². The number of aryl methyl sites for hydroxylation is 2. The highest BCUT2D eigenvalue weighted by molar-refractivity contribution is 6.07. The number of hydrogen-bond acceptors (Lipinski definition) is 4. The van der Waals surface area contributed by atoms with Crippen LogP contribution in [-0.4, -0.2) is 24.5 Å². The van der Waals surface area contributed by atoms with E-state index in [-0.39, 0.29) is 12.5 Å². The van der Waals surface area contributed by atoms with E-state index in [4.69, 9.17) is 4.74 Å². The lowest BCUT2D eigenvalue weighted by Crippen LogP contribution is -2.40. The minimum absolute atomic E-state index is 0.108. The first-order valence-electron chi connectivity index (χ1n) is 8.52. The zero-order chi connectivity index (χ0) is 19.6. The van der Waals surface area contributed by atoms with Crippen LogP contribution in [0, 0.1) is 13.8 Å². The van der Waals surface area contributed by atoms with Crippen LogP contribution in [0.3, 0.4) is 0 Å². The number of amides is 4. The SMILES string of the molecule is Cc1cccc(C)c1OCC(=O)Nc1ccc(C2(C)NC(=O)NC2=O)cc1. The molecule has 0 aliphatic carbocycles. The molecule has 140 valence electrons. The van der Waals surface area contributed by atoms with E-state index in [1.165, 1.54) is 0 Å². The van der Waals surface area contributed by atoms with Gasteiger partial charge in [0, 0.05) is 5.69 Å². The van der Waals surface area contributed by atoms with Gasteiger partial charge in [0.25, 0.3) is 11.8 Å². The van der Waals surface area contributed by atoms with Gasteiger partial charge in [-0.1, -0.05) is 30.3 Å². The number of rotatable bonds is 5. The Labute approximate surface area is 157 Å². The van der Waals surface area contributed by atoms with Crippen LogP contribution < -0.4 is 20.7 Å². The van der Waals surface area contributed by atoms with Crippen molar-refractivity contribution in [1.82, 2.24) is 10.6 Å². The van der Waals surface area contributed by atoms with Gasteiger partial charge >= 0.3 is 6.03 Å². The minimum atomic E-state index is -1.12. The van der Waals surface area contributed by atoms with Crippen LogP contribution in [-0.2, 0) is 15.1 Å². The molecule has 2 aromatic carbocycles. The van der Waals surface area contributed by atoms with Gasteiger partial charge in [-0.25, -0.2) is 4.79 Å². The van der Waals surface area contributed by atoms with Gasteiger partial charge in [-0.2, -0.15) is 0 Å². The summed E-state index contributed by atoms with van der Waals surface area (Å²) in [6.45, 7) is 5.37. The van der Waals surface area contributed by atoms with Gasteiger partial charge in [-0.15, -0.1) is 0 Å². The number of imide groups is 1. The highest BCUT2D eigenvalue weighted by Gasteiger charge is 2.43. The Bertz CT molecular complexity index is 888. The van der Waals surface area contributed by atoms with Crippen molar-refractivity contribution in [3.8, 4) is 5.75 Å². The zero-order valence-electron chi connectivity index (χ0n) is 15.4. The van der Waals surface area contributed by atoms with Gasteiger partial charge in [-0.3, -0.25) is 14.9 Å². The molecule has 3 N–H and O–H groups in total. The van der Waals surface area contributed by atoms with E-state index in [0.717, 1.165) is 11.1 Å². The number of carbonyl (C=O) groups is 3. The molecule has 4 amide bonds. The van der Waals surface area contributed by atoms with Gasteiger partial charge in [-0.05, 0) is 49.6 Å². The van der Waals surface area contributed by atoms with Gasteiger partial charge in [0.05, 0.1) is 0 Å². The van der Waals surface area contributed by atoms with Crippen molar-refractivity contribution in [1.29, 1.82) is 0 Å². The van der Waals surface area contributed by atoms with E-state index < -0.39 is 17.5 Å². The van der Waals surface area contributed by atoms with E-state index in [1.807, 2.05) is 32.0 Å². The second-order valence-electron chi connectivity index (χ2n) is 6.67. The number of para-hydroxylation sites is 1. The average Bonchev–Trinajstić information content (AvgIpc) is 2.88. The topological polar surface area (TPSA) is 96.5 Å². The van der Waals surface area contributed by atoms with Crippen molar-refractivity contribution in [3.05, 3.63) is 59.2 Å². The fraction of sp³-hybridized carbons (Fsp3) is 0.250. The Kier molecular flexibility index (Phi) is 4.85. The van der Waals surface area contributed by atoms with E-state index in [2.05, 4.69) is 16.0 Å². The van der Waals surface area contributed by atoms with E-state index >= 15 is 0 Å². The lowest BCUT2D eigenvalue weighted by Gasteiger charge is -2.21. The van der Waals surface area contributed by atoms with Crippen LogP contribution >= 0.6 is 0 Å². The molecule has 27 heavy (non-hydrogen) atoms. The first-order chi connectivity index (χ1) is 12.8. The van der Waals surface area contributed by atoms with Crippen molar-refractivity contribution in [2.45, 2.75) is 26.3 Å². The molecule has 1 aliphatic rings. The Morgan fingerprint density at radius 2 is 1.70 bits per heavy atom. The molecular formula is C20H21N3O4. The zero-order valence-corrected chi connectivity index (χ0v) is 15.4. The van der Waals surface area contributed by atoms with Gasteiger partial charge < -0.3 is 15.4 Å². The van der Waals surface area contributed by atoms with Crippen LogP contribution in [0.2, 0.25) is 0 Å². The summed E-state index contributed by atoms with van der Waals surface area (Å²) in [6.07, 6.45) is 0. The van der Waals surface area contributed by atoms with E-state index in [0.29, 0.717) is 17.0 Å². The molecule has 1 heterocycles. The smallest absolute Gasteiger partial charge is 0.322 e. The maximum absolute atomic E-state index is 12.2. The maximum Gasteiger partial charge on any atom is 0.322 e. The maximum atomic E-state index is 12.2. The number of carbonyl (C=O) groups excluding carboxylic acids is 3. The predicted molar refractivity (Wildman–Crippen MR) is 101 cm³/mol. The van der Waals surface area contributed by atoms with Crippen molar-refractivity contribution >= 4 is 23.5 Å². The molecule has 0 spiro atoms. The first kappa shape index (κ1) is 18.4. The summed E-state index contributed by atoms with van der Waals surface area (Å²) in [5.41, 5.74) is 2.01. The van der Waals surface area contributed by atoms with Gasteiger partial charge in [0.2, 0.25) is 0 Å². The minimum Gasteiger partial charge on any atom is -0.483 e.